The number of rotatable bonds is 8. The van der Waals surface area contributed by atoms with Gasteiger partial charge in [0.2, 0.25) is 0 Å². The Morgan fingerprint density at radius 3 is 2.42 bits per heavy atom. The molecule has 170 valence electrons. The first-order valence-electron chi connectivity index (χ1n) is 10.6. The van der Waals surface area contributed by atoms with Crippen LogP contribution in [0.2, 0.25) is 0 Å². The molecular weight excluding hydrogens is 422 g/mol. The van der Waals surface area contributed by atoms with Crippen LogP contribution in [0.1, 0.15) is 29.3 Å². The minimum atomic E-state index is -0.778. The number of nitrogens with zero attached hydrogens (tertiary/aromatic N) is 1. The van der Waals surface area contributed by atoms with Crippen LogP contribution in [-0.2, 0) is 16.0 Å². The van der Waals surface area contributed by atoms with E-state index >= 15 is 0 Å². The third-order valence-corrected chi connectivity index (χ3v) is 5.74. The molecule has 0 bridgehead atoms. The monoisotopic (exact) mass is 447 g/mol. The van der Waals surface area contributed by atoms with Crippen LogP contribution in [0.15, 0.2) is 76.9 Å². The van der Waals surface area contributed by atoms with E-state index in [1.54, 1.807) is 49.8 Å². The van der Waals surface area contributed by atoms with Crippen molar-refractivity contribution >= 4 is 17.4 Å². The van der Waals surface area contributed by atoms with Crippen LogP contribution in [0.25, 0.3) is 5.76 Å². The number of aliphatic hydroxyl groups excluding tert-OH is 1. The second kappa shape index (κ2) is 9.65. The summed E-state index contributed by atoms with van der Waals surface area (Å²) >= 11 is 0. The van der Waals surface area contributed by atoms with E-state index in [1.165, 1.54) is 12.0 Å². The Hall–Kier alpha value is -4.00. The van der Waals surface area contributed by atoms with Gasteiger partial charge in [0.1, 0.15) is 23.0 Å². The van der Waals surface area contributed by atoms with Crippen molar-refractivity contribution in [3.63, 3.8) is 0 Å². The van der Waals surface area contributed by atoms with E-state index in [2.05, 4.69) is 0 Å². The van der Waals surface area contributed by atoms with Gasteiger partial charge in [0.25, 0.3) is 11.7 Å². The van der Waals surface area contributed by atoms with Crippen LogP contribution >= 0.6 is 0 Å². The summed E-state index contributed by atoms with van der Waals surface area (Å²) in [6, 6.07) is 16.8. The van der Waals surface area contributed by atoms with Gasteiger partial charge in [0.15, 0.2) is 0 Å². The number of likely N-dealkylation sites (tertiary alicyclic amines) is 1. The van der Waals surface area contributed by atoms with Crippen molar-refractivity contribution in [3.05, 3.63) is 89.4 Å². The van der Waals surface area contributed by atoms with Crippen LogP contribution in [0.4, 0.5) is 0 Å². The summed E-state index contributed by atoms with van der Waals surface area (Å²) in [7, 11) is 3.08. The highest BCUT2D eigenvalue weighted by Crippen LogP contribution is 2.42. The Morgan fingerprint density at radius 1 is 1.00 bits per heavy atom. The standard InChI is InChI=1S/C26H25NO6/c1-31-18-13-11-17(12-14-18)24(28)22-23(20-9-3-4-10-21(20)32-2)27(26(30)25(22)29)15-5-7-19-8-6-16-33-19/h3-4,6,8-14,16,23,28H,5,7,15H2,1-2H3. The number of aliphatic hydroxyl groups is 1. The van der Waals surface area contributed by atoms with Crippen molar-refractivity contribution in [2.75, 3.05) is 20.8 Å². The molecular formula is C26H25NO6. The van der Waals surface area contributed by atoms with Crippen molar-refractivity contribution in [3.8, 4) is 11.5 Å². The predicted molar refractivity (Wildman–Crippen MR) is 122 cm³/mol. The highest BCUT2D eigenvalue weighted by atomic mass is 16.5. The SMILES string of the molecule is COc1ccc(C(O)=C2C(=O)C(=O)N(CCCc3ccco3)C2c2ccccc2OC)cc1. The van der Waals surface area contributed by atoms with E-state index in [9.17, 15) is 14.7 Å². The van der Waals surface area contributed by atoms with Gasteiger partial charge >= 0.3 is 0 Å². The Kier molecular flexibility index (Phi) is 6.49. The molecule has 3 aromatic rings. The van der Waals surface area contributed by atoms with E-state index in [4.69, 9.17) is 13.9 Å². The first-order chi connectivity index (χ1) is 16.0. The average Bonchev–Trinajstić information content (AvgIpc) is 3.46. The summed E-state index contributed by atoms with van der Waals surface area (Å²) in [5.74, 6) is 0.337. The Morgan fingerprint density at radius 2 is 1.76 bits per heavy atom. The highest BCUT2D eigenvalue weighted by Gasteiger charge is 2.46. The number of benzene rings is 2. The Balaban J connectivity index is 1.76. The van der Waals surface area contributed by atoms with Crippen LogP contribution in [0.3, 0.4) is 0 Å². The van der Waals surface area contributed by atoms with Crippen molar-refractivity contribution < 1.29 is 28.6 Å². The van der Waals surface area contributed by atoms with E-state index in [0.29, 0.717) is 42.0 Å². The normalized spacial score (nSPS) is 17.4. The van der Waals surface area contributed by atoms with Crippen molar-refractivity contribution in [2.45, 2.75) is 18.9 Å². The average molecular weight is 447 g/mol. The number of hydrogen-bond donors (Lipinski definition) is 1. The summed E-state index contributed by atoms with van der Waals surface area (Å²) in [6.07, 6.45) is 2.81. The first-order valence-corrected chi connectivity index (χ1v) is 10.6. The highest BCUT2D eigenvalue weighted by molar-refractivity contribution is 6.46. The van der Waals surface area contributed by atoms with Gasteiger partial charge in [-0.15, -0.1) is 0 Å². The minimum Gasteiger partial charge on any atom is -0.507 e. The molecule has 4 rings (SSSR count). The summed E-state index contributed by atoms with van der Waals surface area (Å²) < 4.78 is 16.1. The van der Waals surface area contributed by atoms with Gasteiger partial charge in [0.05, 0.1) is 32.1 Å². The molecule has 2 heterocycles. The number of carbonyl (C=O) groups is 2. The van der Waals surface area contributed by atoms with E-state index in [-0.39, 0.29) is 11.3 Å². The van der Waals surface area contributed by atoms with Crippen molar-refractivity contribution in [1.29, 1.82) is 0 Å². The minimum absolute atomic E-state index is 0.0349. The number of ether oxygens (including phenoxy) is 2. The lowest BCUT2D eigenvalue weighted by molar-refractivity contribution is -0.139. The molecule has 1 fully saturated rings. The number of Topliss-reactive ketones (excluding diaryl/α,β-unsaturated/α-hetero) is 1. The number of amides is 1. The fourth-order valence-electron chi connectivity index (χ4n) is 4.11. The Bertz CT molecular complexity index is 1160. The predicted octanol–water partition coefficient (Wildman–Crippen LogP) is 4.35. The van der Waals surface area contributed by atoms with Crippen molar-refractivity contribution in [2.24, 2.45) is 0 Å². The maximum Gasteiger partial charge on any atom is 0.295 e. The lowest BCUT2D eigenvalue weighted by atomic mass is 9.94. The molecule has 1 aromatic heterocycles. The summed E-state index contributed by atoms with van der Waals surface area (Å²) in [6.45, 7) is 0.313. The lowest BCUT2D eigenvalue weighted by Gasteiger charge is -2.26. The van der Waals surface area contributed by atoms with E-state index in [0.717, 1.165) is 5.76 Å². The molecule has 1 amide bonds. The zero-order valence-electron chi connectivity index (χ0n) is 18.5. The van der Waals surface area contributed by atoms with Gasteiger partial charge < -0.3 is 23.9 Å². The molecule has 2 aromatic carbocycles. The number of ketones is 1. The fourth-order valence-corrected chi connectivity index (χ4v) is 4.11. The van der Waals surface area contributed by atoms with Gasteiger partial charge in [-0.05, 0) is 48.9 Å². The lowest BCUT2D eigenvalue weighted by Crippen LogP contribution is -2.31. The third-order valence-electron chi connectivity index (χ3n) is 5.74. The number of para-hydroxylation sites is 1. The van der Waals surface area contributed by atoms with Gasteiger partial charge in [-0.2, -0.15) is 0 Å². The molecule has 33 heavy (non-hydrogen) atoms. The third kappa shape index (κ3) is 4.35. The second-order valence-corrected chi connectivity index (χ2v) is 7.65. The van der Waals surface area contributed by atoms with Crippen LogP contribution < -0.4 is 9.47 Å². The first kappa shape index (κ1) is 22.2. The van der Waals surface area contributed by atoms with Crippen LogP contribution in [0, 0.1) is 0 Å². The molecule has 0 aliphatic carbocycles. The molecule has 7 heteroatoms. The van der Waals surface area contributed by atoms with Crippen LogP contribution in [0.5, 0.6) is 11.5 Å². The number of methoxy groups -OCH3 is 2. The Labute approximate surface area is 191 Å². The number of carbonyl (C=O) groups excluding carboxylic acids is 2. The molecule has 0 spiro atoms. The molecule has 0 saturated carbocycles. The number of furan rings is 1. The van der Waals surface area contributed by atoms with Gasteiger partial charge in [0, 0.05) is 24.1 Å². The van der Waals surface area contributed by atoms with Crippen molar-refractivity contribution in [1.82, 2.24) is 4.90 Å². The molecule has 1 aliphatic rings. The maximum atomic E-state index is 13.1. The molecule has 1 aliphatic heterocycles. The molecule has 0 radical (unpaired) electrons. The zero-order chi connectivity index (χ0) is 23.4. The quantitative estimate of drug-likeness (QED) is 0.314. The molecule has 1 unspecified atom stereocenters. The second-order valence-electron chi connectivity index (χ2n) is 7.65. The van der Waals surface area contributed by atoms with E-state index < -0.39 is 17.7 Å². The maximum absolute atomic E-state index is 13.1. The molecule has 1 saturated heterocycles. The fraction of sp³-hybridized carbons (Fsp3) is 0.231. The van der Waals surface area contributed by atoms with Crippen LogP contribution in [-0.4, -0.2) is 42.5 Å². The topological polar surface area (TPSA) is 89.2 Å². The number of aryl methyl sites for hydroxylation is 1. The molecule has 1 N–H and O–H groups in total. The van der Waals surface area contributed by atoms with Gasteiger partial charge in [-0.1, -0.05) is 18.2 Å². The van der Waals surface area contributed by atoms with Gasteiger partial charge in [-0.25, -0.2) is 0 Å². The largest absolute Gasteiger partial charge is 0.507 e. The zero-order valence-corrected chi connectivity index (χ0v) is 18.5. The summed E-state index contributed by atoms with van der Waals surface area (Å²) in [5.41, 5.74) is 1.09. The molecule has 1 atom stereocenters. The smallest absolute Gasteiger partial charge is 0.295 e. The summed E-state index contributed by atoms with van der Waals surface area (Å²) in [4.78, 5) is 27.7. The van der Waals surface area contributed by atoms with Gasteiger partial charge in [-0.3, -0.25) is 9.59 Å². The summed E-state index contributed by atoms with van der Waals surface area (Å²) in [5, 5.41) is 11.1. The number of hydrogen-bond acceptors (Lipinski definition) is 6. The van der Waals surface area contributed by atoms with E-state index in [1.807, 2.05) is 24.3 Å². The molecule has 7 nitrogen and oxygen atoms in total.